The van der Waals surface area contributed by atoms with Crippen molar-refractivity contribution in [2.24, 2.45) is 0 Å². The maximum atomic E-state index is 10.9. The molecule has 1 heterocycles. The molecular formula is C13H14N2O2. The minimum Gasteiger partial charge on any atom is -0.481 e. The fourth-order valence-electron chi connectivity index (χ4n) is 1.54. The van der Waals surface area contributed by atoms with E-state index in [1.54, 1.807) is 24.0 Å². The maximum Gasteiger partial charge on any atom is 0.310 e. The molecule has 0 bridgehead atoms. The molecule has 1 atom stereocenters. The van der Waals surface area contributed by atoms with E-state index in [4.69, 9.17) is 5.11 Å². The molecule has 0 aliphatic heterocycles. The van der Waals surface area contributed by atoms with Crippen molar-refractivity contribution in [1.82, 2.24) is 9.78 Å². The molecule has 0 amide bonds. The van der Waals surface area contributed by atoms with Crippen molar-refractivity contribution in [3.05, 3.63) is 47.8 Å². The van der Waals surface area contributed by atoms with Gasteiger partial charge >= 0.3 is 5.97 Å². The molecule has 17 heavy (non-hydrogen) atoms. The molecule has 0 saturated heterocycles. The van der Waals surface area contributed by atoms with Crippen LogP contribution in [0.4, 0.5) is 0 Å². The van der Waals surface area contributed by atoms with Gasteiger partial charge in [0.2, 0.25) is 0 Å². The predicted molar refractivity (Wildman–Crippen MR) is 64.4 cm³/mol. The van der Waals surface area contributed by atoms with Gasteiger partial charge in [0.25, 0.3) is 0 Å². The van der Waals surface area contributed by atoms with Gasteiger partial charge in [0.15, 0.2) is 0 Å². The number of aliphatic carboxylic acids is 1. The summed E-state index contributed by atoms with van der Waals surface area (Å²) in [5.74, 6) is -1.37. The zero-order valence-corrected chi connectivity index (χ0v) is 9.79. The lowest BCUT2D eigenvalue weighted by atomic mass is 10.1. The van der Waals surface area contributed by atoms with E-state index >= 15 is 0 Å². The summed E-state index contributed by atoms with van der Waals surface area (Å²) in [7, 11) is 0. The maximum absolute atomic E-state index is 10.9. The van der Waals surface area contributed by atoms with Crippen LogP contribution in [0, 0.1) is 6.92 Å². The minimum absolute atomic E-state index is 0.533. The quantitative estimate of drug-likeness (QED) is 0.880. The molecule has 1 unspecified atom stereocenters. The Morgan fingerprint density at radius 1 is 1.35 bits per heavy atom. The lowest BCUT2D eigenvalue weighted by molar-refractivity contribution is -0.138. The van der Waals surface area contributed by atoms with Crippen molar-refractivity contribution in [1.29, 1.82) is 0 Å². The Balaban J connectivity index is 2.29. The van der Waals surface area contributed by atoms with Gasteiger partial charge in [-0.15, -0.1) is 0 Å². The van der Waals surface area contributed by atoms with Crippen LogP contribution in [-0.4, -0.2) is 20.9 Å². The number of nitrogens with zero attached hydrogens (tertiary/aromatic N) is 2. The summed E-state index contributed by atoms with van der Waals surface area (Å²) in [5, 5.41) is 13.1. The fourth-order valence-corrected chi connectivity index (χ4v) is 1.54. The lowest BCUT2D eigenvalue weighted by Crippen LogP contribution is -2.06. The fraction of sp³-hybridized carbons (Fsp3) is 0.231. The van der Waals surface area contributed by atoms with Crippen LogP contribution in [0.15, 0.2) is 36.7 Å². The highest BCUT2D eigenvalue weighted by atomic mass is 16.4. The summed E-state index contributed by atoms with van der Waals surface area (Å²) in [6.07, 6.45) is 3.35. The Bertz CT molecular complexity index is 529. The molecule has 0 spiro atoms. The standard InChI is InChI=1S/C13H14N2O2/c1-9-3-5-12(6-4-9)15-8-11(7-14-15)10(2)13(16)17/h3-8,10H,1-2H3,(H,16,17). The molecule has 1 aromatic carbocycles. The normalized spacial score (nSPS) is 12.4. The third-order valence-electron chi connectivity index (χ3n) is 2.77. The number of carboxylic acids is 1. The molecule has 0 radical (unpaired) electrons. The summed E-state index contributed by atoms with van der Waals surface area (Å²) in [6.45, 7) is 3.67. The lowest BCUT2D eigenvalue weighted by Gasteiger charge is -2.02. The highest BCUT2D eigenvalue weighted by Crippen LogP contribution is 2.16. The van der Waals surface area contributed by atoms with Crippen molar-refractivity contribution >= 4 is 5.97 Å². The zero-order valence-electron chi connectivity index (χ0n) is 9.79. The van der Waals surface area contributed by atoms with Crippen molar-refractivity contribution in [3.8, 4) is 5.69 Å². The summed E-state index contributed by atoms with van der Waals surface area (Å²) in [4.78, 5) is 10.9. The van der Waals surface area contributed by atoms with Crippen LogP contribution in [-0.2, 0) is 4.79 Å². The van der Waals surface area contributed by atoms with Gasteiger partial charge in [0, 0.05) is 11.8 Å². The number of hydrogen-bond donors (Lipinski definition) is 1. The van der Waals surface area contributed by atoms with Crippen molar-refractivity contribution < 1.29 is 9.90 Å². The number of aryl methyl sites for hydroxylation is 1. The average molecular weight is 230 g/mol. The SMILES string of the molecule is Cc1ccc(-n2cc(C(C)C(=O)O)cn2)cc1. The summed E-state index contributed by atoms with van der Waals surface area (Å²) >= 11 is 0. The van der Waals surface area contributed by atoms with Gasteiger partial charge in [0.1, 0.15) is 0 Å². The van der Waals surface area contributed by atoms with Crippen LogP contribution in [0.3, 0.4) is 0 Å². The first-order valence-corrected chi connectivity index (χ1v) is 5.42. The van der Waals surface area contributed by atoms with E-state index in [1.807, 2.05) is 31.2 Å². The van der Waals surface area contributed by atoms with Gasteiger partial charge in [-0.3, -0.25) is 4.79 Å². The van der Waals surface area contributed by atoms with Crippen LogP contribution in [0.5, 0.6) is 0 Å². The summed E-state index contributed by atoms with van der Waals surface area (Å²) < 4.78 is 1.69. The van der Waals surface area contributed by atoms with Gasteiger partial charge in [-0.25, -0.2) is 4.68 Å². The Kier molecular flexibility index (Phi) is 2.95. The van der Waals surface area contributed by atoms with Crippen LogP contribution in [0.1, 0.15) is 24.0 Å². The van der Waals surface area contributed by atoms with Crippen molar-refractivity contribution in [3.63, 3.8) is 0 Å². The van der Waals surface area contributed by atoms with Gasteiger partial charge in [-0.1, -0.05) is 17.7 Å². The number of rotatable bonds is 3. The van der Waals surface area contributed by atoms with E-state index in [1.165, 1.54) is 5.56 Å². The second-order valence-corrected chi connectivity index (χ2v) is 4.11. The third-order valence-corrected chi connectivity index (χ3v) is 2.77. The summed E-state index contributed by atoms with van der Waals surface area (Å²) in [6, 6.07) is 7.91. The minimum atomic E-state index is -0.839. The number of aromatic nitrogens is 2. The van der Waals surface area contributed by atoms with Crippen LogP contribution < -0.4 is 0 Å². The number of carboxylic acid groups (broad SMARTS) is 1. The van der Waals surface area contributed by atoms with E-state index in [9.17, 15) is 4.79 Å². The van der Waals surface area contributed by atoms with Gasteiger partial charge in [-0.05, 0) is 26.0 Å². The van der Waals surface area contributed by atoms with Crippen LogP contribution in [0.2, 0.25) is 0 Å². The zero-order chi connectivity index (χ0) is 12.4. The third kappa shape index (κ3) is 2.36. The molecule has 0 saturated carbocycles. The average Bonchev–Trinajstić information content (AvgIpc) is 2.78. The molecule has 4 heteroatoms. The topological polar surface area (TPSA) is 55.1 Å². The van der Waals surface area contributed by atoms with Gasteiger partial charge in [-0.2, -0.15) is 5.10 Å². The molecule has 0 aliphatic rings. The van der Waals surface area contributed by atoms with Gasteiger partial charge in [0.05, 0.1) is 17.8 Å². The molecule has 0 fully saturated rings. The van der Waals surface area contributed by atoms with Crippen molar-refractivity contribution in [2.75, 3.05) is 0 Å². The highest BCUT2D eigenvalue weighted by Gasteiger charge is 2.15. The van der Waals surface area contributed by atoms with E-state index < -0.39 is 11.9 Å². The van der Waals surface area contributed by atoms with E-state index in [0.29, 0.717) is 5.56 Å². The molecule has 0 aliphatic carbocycles. The first-order chi connectivity index (χ1) is 8.08. The first-order valence-electron chi connectivity index (χ1n) is 5.42. The number of hydrogen-bond acceptors (Lipinski definition) is 2. The number of carbonyl (C=O) groups is 1. The van der Waals surface area contributed by atoms with Crippen molar-refractivity contribution in [2.45, 2.75) is 19.8 Å². The molecule has 1 aromatic heterocycles. The molecule has 1 N–H and O–H groups in total. The van der Waals surface area contributed by atoms with Gasteiger partial charge < -0.3 is 5.11 Å². The molecule has 2 rings (SSSR count). The summed E-state index contributed by atoms with van der Waals surface area (Å²) in [5.41, 5.74) is 2.82. The monoisotopic (exact) mass is 230 g/mol. The Labute approximate surface area is 99.5 Å². The Hall–Kier alpha value is -2.10. The second-order valence-electron chi connectivity index (χ2n) is 4.11. The Morgan fingerprint density at radius 3 is 2.59 bits per heavy atom. The number of benzene rings is 1. The highest BCUT2D eigenvalue weighted by molar-refractivity contribution is 5.75. The van der Waals surface area contributed by atoms with Crippen LogP contribution in [0.25, 0.3) is 5.69 Å². The molecule has 4 nitrogen and oxygen atoms in total. The predicted octanol–water partition coefficient (Wildman–Crippen LogP) is 2.37. The Morgan fingerprint density at radius 2 is 2.00 bits per heavy atom. The molecule has 88 valence electrons. The van der Waals surface area contributed by atoms with E-state index in [-0.39, 0.29) is 0 Å². The molecule has 2 aromatic rings. The first kappa shape index (κ1) is 11.4. The molecular weight excluding hydrogens is 216 g/mol. The smallest absolute Gasteiger partial charge is 0.310 e. The van der Waals surface area contributed by atoms with E-state index in [2.05, 4.69) is 5.10 Å². The second kappa shape index (κ2) is 4.41. The largest absolute Gasteiger partial charge is 0.481 e. The van der Waals surface area contributed by atoms with Crippen LogP contribution >= 0.6 is 0 Å². The van der Waals surface area contributed by atoms with E-state index in [0.717, 1.165) is 5.69 Å².